The van der Waals surface area contributed by atoms with Crippen LogP contribution in [-0.4, -0.2) is 0 Å². The fraction of sp³-hybridized carbons (Fsp3) is 0.556. The Hall–Kier alpha value is -0.720. The molecule has 1 nitrogen and oxygen atoms in total. The zero-order valence-electron chi connectivity index (χ0n) is 6.63. The van der Waals surface area contributed by atoms with Crippen LogP contribution in [0, 0.1) is 5.92 Å². The summed E-state index contributed by atoms with van der Waals surface area (Å²) in [5.41, 5.74) is 1.31. The van der Waals surface area contributed by atoms with Gasteiger partial charge in [0.2, 0.25) is 0 Å². The molecular weight excluding hydrogens is 124 g/mol. The van der Waals surface area contributed by atoms with Crippen molar-refractivity contribution in [1.82, 2.24) is 0 Å². The Balaban J connectivity index is 2.28. The van der Waals surface area contributed by atoms with E-state index in [2.05, 4.69) is 13.8 Å². The summed E-state index contributed by atoms with van der Waals surface area (Å²) in [5, 5.41) is 0. The maximum absolute atomic E-state index is 4.95. The molecule has 56 valence electrons. The third kappa shape index (κ3) is 2.26. The Kier molecular flexibility index (Phi) is 2.55. The van der Waals surface area contributed by atoms with Crippen LogP contribution in [0.2, 0.25) is 0 Å². The summed E-state index contributed by atoms with van der Waals surface area (Å²) in [6, 6.07) is 2.03. The summed E-state index contributed by atoms with van der Waals surface area (Å²) in [4.78, 5) is 0. The molecule has 0 unspecified atom stereocenters. The number of hydrogen-bond acceptors (Lipinski definition) is 1. The van der Waals surface area contributed by atoms with Gasteiger partial charge in [0.1, 0.15) is 0 Å². The molecule has 0 atom stereocenters. The van der Waals surface area contributed by atoms with E-state index in [1.54, 1.807) is 6.26 Å². The molecule has 0 amide bonds. The smallest absolute Gasteiger partial charge is 0.0934 e. The number of hydrogen-bond donors (Lipinski definition) is 0. The molecule has 0 aliphatic heterocycles. The first-order valence-electron chi connectivity index (χ1n) is 3.80. The van der Waals surface area contributed by atoms with Gasteiger partial charge in [-0.3, -0.25) is 0 Å². The average Bonchev–Trinajstić information content (AvgIpc) is 2.34. The monoisotopic (exact) mass is 138 g/mol. The highest BCUT2D eigenvalue weighted by molar-refractivity contribution is 5.04. The summed E-state index contributed by atoms with van der Waals surface area (Å²) < 4.78 is 4.95. The Labute approximate surface area is 62.1 Å². The Morgan fingerprint density at radius 1 is 1.50 bits per heavy atom. The molecule has 0 saturated carbocycles. The second-order valence-corrected chi connectivity index (χ2v) is 3.06. The van der Waals surface area contributed by atoms with Gasteiger partial charge in [0, 0.05) is 0 Å². The summed E-state index contributed by atoms with van der Waals surface area (Å²) >= 11 is 0. The molecular formula is C9H14O. The minimum atomic E-state index is 0.787. The number of aryl methyl sites for hydroxylation is 1. The van der Waals surface area contributed by atoms with E-state index < -0.39 is 0 Å². The number of furan rings is 1. The third-order valence-corrected chi connectivity index (χ3v) is 1.59. The van der Waals surface area contributed by atoms with Crippen LogP contribution in [0.15, 0.2) is 23.0 Å². The highest BCUT2D eigenvalue weighted by Crippen LogP contribution is 2.08. The van der Waals surface area contributed by atoms with Crippen LogP contribution in [-0.2, 0) is 6.42 Å². The molecule has 0 spiro atoms. The molecule has 0 bridgehead atoms. The van der Waals surface area contributed by atoms with Gasteiger partial charge in [-0.2, -0.15) is 0 Å². The lowest BCUT2D eigenvalue weighted by atomic mass is 10.1. The van der Waals surface area contributed by atoms with E-state index in [4.69, 9.17) is 4.42 Å². The molecule has 10 heavy (non-hydrogen) atoms. The van der Waals surface area contributed by atoms with Crippen molar-refractivity contribution in [1.29, 1.82) is 0 Å². The van der Waals surface area contributed by atoms with E-state index in [0.717, 1.165) is 12.3 Å². The maximum atomic E-state index is 4.95. The second-order valence-electron chi connectivity index (χ2n) is 3.06. The molecule has 0 radical (unpaired) electrons. The molecule has 1 heterocycles. The van der Waals surface area contributed by atoms with Gasteiger partial charge >= 0.3 is 0 Å². The van der Waals surface area contributed by atoms with E-state index in [0.29, 0.717) is 0 Å². The lowest BCUT2D eigenvalue weighted by Gasteiger charge is -2.00. The van der Waals surface area contributed by atoms with Crippen molar-refractivity contribution in [2.75, 3.05) is 0 Å². The average molecular weight is 138 g/mol. The van der Waals surface area contributed by atoms with Gasteiger partial charge < -0.3 is 4.42 Å². The summed E-state index contributed by atoms with van der Waals surface area (Å²) in [5.74, 6) is 0.787. The van der Waals surface area contributed by atoms with Gasteiger partial charge in [-0.15, -0.1) is 0 Å². The predicted octanol–water partition coefficient (Wildman–Crippen LogP) is 2.87. The zero-order chi connectivity index (χ0) is 7.40. The fourth-order valence-corrected chi connectivity index (χ4v) is 0.890. The van der Waals surface area contributed by atoms with E-state index >= 15 is 0 Å². The zero-order valence-corrected chi connectivity index (χ0v) is 6.63. The minimum Gasteiger partial charge on any atom is -0.472 e. The Morgan fingerprint density at radius 3 is 2.80 bits per heavy atom. The molecule has 0 aliphatic rings. The maximum Gasteiger partial charge on any atom is 0.0934 e. The Bertz CT molecular complexity index is 163. The lowest BCUT2D eigenvalue weighted by molar-refractivity contribution is 0.553. The summed E-state index contributed by atoms with van der Waals surface area (Å²) in [6.07, 6.45) is 5.95. The van der Waals surface area contributed by atoms with Crippen molar-refractivity contribution in [2.45, 2.75) is 26.7 Å². The number of rotatable bonds is 3. The van der Waals surface area contributed by atoms with Gasteiger partial charge in [-0.05, 0) is 30.4 Å². The van der Waals surface area contributed by atoms with E-state index in [9.17, 15) is 0 Å². The second kappa shape index (κ2) is 3.45. The molecule has 0 aliphatic carbocycles. The first-order chi connectivity index (χ1) is 4.79. The summed E-state index contributed by atoms with van der Waals surface area (Å²) in [7, 11) is 0. The molecule has 0 saturated heterocycles. The normalized spacial score (nSPS) is 10.7. The van der Waals surface area contributed by atoms with Crippen LogP contribution >= 0.6 is 0 Å². The molecule has 1 aromatic heterocycles. The van der Waals surface area contributed by atoms with Crippen LogP contribution in [0.4, 0.5) is 0 Å². The standard InChI is InChI=1S/C9H14O/c1-8(2)3-4-9-5-6-10-7-9/h5-8H,3-4H2,1-2H3. The lowest BCUT2D eigenvalue weighted by Crippen LogP contribution is -1.89. The van der Waals surface area contributed by atoms with Crippen LogP contribution < -0.4 is 0 Å². The quantitative estimate of drug-likeness (QED) is 0.626. The van der Waals surface area contributed by atoms with Crippen molar-refractivity contribution in [3.05, 3.63) is 24.2 Å². The molecule has 1 aromatic rings. The molecule has 1 rings (SSSR count). The topological polar surface area (TPSA) is 13.1 Å². The SMILES string of the molecule is CC(C)CCc1ccoc1. The molecule has 0 fully saturated rings. The fourth-order valence-electron chi connectivity index (χ4n) is 0.890. The van der Waals surface area contributed by atoms with Gasteiger partial charge in [0.25, 0.3) is 0 Å². The van der Waals surface area contributed by atoms with Crippen molar-refractivity contribution < 1.29 is 4.42 Å². The van der Waals surface area contributed by atoms with Crippen molar-refractivity contribution in [2.24, 2.45) is 5.92 Å². The van der Waals surface area contributed by atoms with Crippen LogP contribution in [0.25, 0.3) is 0 Å². The predicted molar refractivity (Wildman–Crippen MR) is 41.9 cm³/mol. The van der Waals surface area contributed by atoms with Gasteiger partial charge in [-0.1, -0.05) is 13.8 Å². The molecule has 1 heteroatoms. The van der Waals surface area contributed by atoms with Crippen molar-refractivity contribution in [3.8, 4) is 0 Å². The van der Waals surface area contributed by atoms with Crippen molar-refractivity contribution >= 4 is 0 Å². The minimum absolute atomic E-state index is 0.787. The highest BCUT2D eigenvalue weighted by Gasteiger charge is 1.96. The first kappa shape index (κ1) is 7.39. The largest absolute Gasteiger partial charge is 0.472 e. The third-order valence-electron chi connectivity index (χ3n) is 1.59. The Morgan fingerprint density at radius 2 is 2.30 bits per heavy atom. The summed E-state index contributed by atoms with van der Waals surface area (Å²) in [6.45, 7) is 4.47. The van der Waals surface area contributed by atoms with E-state index in [1.165, 1.54) is 12.0 Å². The first-order valence-corrected chi connectivity index (χ1v) is 3.80. The van der Waals surface area contributed by atoms with E-state index in [-0.39, 0.29) is 0 Å². The van der Waals surface area contributed by atoms with Gasteiger partial charge in [0.15, 0.2) is 0 Å². The van der Waals surface area contributed by atoms with Crippen LogP contribution in [0.5, 0.6) is 0 Å². The van der Waals surface area contributed by atoms with E-state index in [1.807, 2.05) is 12.3 Å². The molecule has 0 aromatic carbocycles. The van der Waals surface area contributed by atoms with Gasteiger partial charge in [-0.25, -0.2) is 0 Å². The highest BCUT2D eigenvalue weighted by atomic mass is 16.3. The van der Waals surface area contributed by atoms with Gasteiger partial charge in [0.05, 0.1) is 12.5 Å². The van der Waals surface area contributed by atoms with Crippen LogP contribution in [0.1, 0.15) is 25.8 Å². The molecule has 0 N–H and O–H groups in total. The van der Waals surface area contributed by atoms with Crippen LogP contribution in [0.3, 0.4) is 0 Å². The van der Waals surface area contributed by atoms with Crippen molar-refractivity contribution in [3.63, 3.8) is 0 Å².